The molecule has 0 saturated carbocycles. The average molecular weight is 241 g/mol. The van der Waals surface area contributed by atoms with Crippen molar-refractivity contribution < 1.29 is 0 Å². The molecule has 0 aliphatic rings. The van der Waals surface area contributed by atoms with Gasteiger partial charge in [0.25, 0.3) is 0 Å². The van der Waals surface area contributed by atoms with Crippen molar-refractivity contribution in [2.24, 2.45) is 0 Å². The molecule has 0 radical (unpaired) electrons. The zero-order chi connectivity index (χ0) is 7.72. The Morgan fingerprint density at radius 2 is 2.10 bits per heavy atom. The molecule has 0 amide bonds. The zero-order valence-corrected chi connectivity index (χ0v) is 8.26. The van der Waals surface area contributed by atoms with Crippen LogP contribution in [-0.4, -0.2) is 4.98 Å². The Morgan fingerprint density at radius 3 is 2.60 bits per heavy atom. The Hall–Kier alpha value is 0.210. The van der Waals surface area contributed by atoms with E-state index in [0.717, 1.165) is 10.0 Å². The first kappa shape index (κ1) is 8.31. The van der Waals surface area contributed by atoms with E-state index in [9.17, 15) is 0 Å². The van der Waals surface area contributed by atoms with Crippen molar-refractivity contribution in [1.82, 2.24) is 4.98 Å². The molecule has 0 fully saturated rings. The molecule has 0 saturated heterocycles. The normalized spacial score (nSPS) is 10.0. The third-order valence-electron chi connectivity index (χ3n) is 1.07. The van der Waals surface area contributed by atoms with E-state index in [4.69, 9.17) is 23.2 Å². The molecular weight excluding hydrogens is 237 g/mol. The van der Waals surface area contributed by atoms with Crippen molar-refractivity contribution >= 4 is 39.1 Å². The predicted octanol–water partition coefficient (Wildman–Crippen LogP) is 3.46. The van der Waals surface area contributed by atoms with Gasteiger partial charge < -0.3 is 0 Å². The lowest BCUT2D eigenvalue weighted by atomic mass is 10.3. The van der Waals surface area contributed by atoms with Gasteiger partial charge in [0.05, 0.1) is 4.47 Å². The van der Waals surface area contributed by atoms with Crippen LogP contribution in [0.3, 0.4) is 0 Å². The van der Waals surface area contributed by atoms with Gasteiger partial charge in [0.1, 0.15) is 10.3 Å². The summed E-state index contributed by atoms with van der Waals surface area (Å²) in [6, 6.07) is 1.75. The van der Waals surface area contributed by atoms with E-state index in [1.807, 2.05) is 6.92 Å². The second-order valence-corrected chi connectivity index (χ2v) is 3.40. The van der Waals surface area contributed by atoms with Crippen molar-refractivity contribution in [3.05, 3.63) is 26.4 Å². The minimum Gasteiger partial charge on any atom is -0.223 e. The molecule has 1 heterocycles. The van der Waals surface area contributed by atoms with E-state index >= 15 is 0 Å². The standard InChI is InChI=1S/C6H4BrCl2N/c1-3-2-4(8)10-6(9)5(3)7/h2H,1H3. The van der Waals surface area contributed by atoms with Crippen LogP contribution >= 0.6 is 39.1 Å². The molecule has 1 aromatic rings. The molecule has 0 aliphatic carbocycles. The van der Waals surface area contributed by atoms with Crippen molar-refractivity contribution in [1.29, 1.82) is 0 Å². The number of hydrogen-bond donors (Lipinski definition) is 0. The van der Waals surface area contributed by atoms with Gasteiger partial charge in [-0.1, -0.05) is 23.2 Å². The number of nitrogens with zero attached hydrogens (tertiary/aromatic N) is 1. The highest BCUT2D eigenvalue weighted by Gasteiger charge is 2.02. The summed E-state index contributed by atoms with van der Waals surface area (Å²) in [7, 11) is 0. The van der Waals surface area contributed by atoms with Gasteiger partial charge in [0, 0.05) is 0 Å². The van der Waals surface area contributed by atoms with Crippen molar-refractivity contribution in [2.75, 3.05) is 0 Å². The Bertz CT molecular complexity index is 239. The van der Waals surface area contributed by atoms with Crippen LogP contribution in [0.2, 0.25) is 10.3 Å². The highest BCUT2D eigenvalue weighted by Crippen LogP contribution is 2.25. The summed E-state index contributed by atoms with van der Waals surface area (Å²) in [5, 5.41) is 0.829. The highest BCUT2D eigenvalue weighted by molar-refractivity contribution is 9.10. The predicted molar refractivity (Wildman–Crippen MR) is 46.7 cm³/mol. The minimum absolute atomic E-state index is 0.407. The second kappa shape index (κ2) is 3.07. The molecule has 0 spiro atoms. The van der Waals surface area contributed by atoms with Crippen LogP contribution in [-0.2, 0) is 0 Å². The fraction of sp³-hybridized carbons (Fsp3) is 0.167. The van der Waals surface area contributed by atoms with Crippen LogP contribution in [0, 0.1) is 6.92 Å². The Labute approximate surface area is 77.5 Å². The Kier molecular flexibility index (Phi) is 2.55. The van der Waals surface area contributed by atoms with E-state index in [-0.39, 0.29) is 0 Å². The number of halogens is 3. The van der Waals surface area contributed by atoms with Gasteiger partial charge in [0.15, 0.2) is 0 Å². The Balaban J connectivity index is 3.31. The molecule has 1 nitrogen and oxygen atoms in total. The lowest BCUT2D eigenvalue weighted by Crippen LogP contribution is -1.82. The summed E-state index contributed by atoms with van der Waals surface area (Å²) in [6.45, 7) is 1.91. The molecule has 10 heavy (non-hydrogen) atoms. The molecule has 0 unspecified atom stereocenters. The number of pyridine rings is 1. The van der Waals surface area contributed by atoms with Gasteiger partial charge in [-0.3, -0.25) is 0 Å². The van der Waals surface area contributed by atoms with Crippen LogP contribution in [0.15, 0.2) is 10.5 Å². The molecule has 1 aromatic heterocycles. The average Bonchev–Trinajstić information content (AvgIpc) is 1.82. The van der Waals surface area contributed by atoms with Gasteiger partial charge in [-0.25, -0.2) is 4.98 Å². The van der Waals surface area contributed by atoms with Crippen LogP contribution in [0.4, 0.5) is 0 Å². The highest BCUT2D eigenvalue weighted by atomic mass is 79.9. The molecule has 54 valence electrons. The van der Waals surface area contributed by atoms with Crippen LogP contribution < -0.4 is 0 Å². The quantitative estimate of drug-likeness (QED) is 0.633. The first-order valence-electron chi connectivity index (χ1n) is 2.59. The fourth-order valence-corrected chi connectivity index (χ4v) is 1.31. The van der Waals surface area contributed by atoms with Crippen LogP contribution in [0.1, 0.15) is 5.56 Å². The minimum atomic E-state index is 0.407. The molecule has 0 aliphatic heterocycles. The number of hydrogen-bond acceptors (Lipinski definition) is 1. The lowest BCUT2D eigenvalue weighted by molar-refractivity contribution is 1.26. The van der Waals surface area contributed by atoms with Gasteiger partial charge >= 0.3 is 0 Å². The van der Waals surface area contributed by atoms with E-state index < -0.39 is 0 Å². The zero-order valence-electron chi connectivity index (χ0n) is 5.16. The lowest BCUT2D eigenvalue weighted by Gasteiger charge is -1.98. The van der Waals surface area contributed by atoms with Crippen molar-refractivity contribution in [3.8, 4) is 0 Å². The summed E-state index contributed by atoms with van der Waals surface area (Å²) in [5.41, 5.74) is 0.991. The fourth-order valence-electron chi connectivity index (χ4n) is 0.580. The van der Waals surface area contributed by atoms with E-state index in [2.05, 4.69) is 20.9 Å². The van der Waals surface area contributed by atoms with Gasteiger partial charge in [-0.2, -0.15) is 0 Å². The van der Waals surface area contributed by atoms with Gasteiger partial charge in [-0.05, 0) is 34.5 Å². The van der Waals surface area contributed by atoms with E-state index in [0.29, 0.717) is 10.3 Å². The third-order valence-corrected chi connectivity index (χ3v) is 2.76. The topological polar surface area (TPSA) is 12.9 Å². The summed E-state index contributed by atoms with van der Waals surface area (Å²) in [4.78, 5) is 3.82. The maximum atomic E-state index is 5.68. The second-order valence-electron chi connectivity index (χ2n) is 1.87. The molecular formula is C6H4BrCl2N. The number of rotatable bonds is 0. The maximum Gasteiger partial charge on any atom is 0.145 e. The maximum absolute atomic E-state index is 5.68. The monoisotopic (exact) mass is 239 g/mol. The molecule has 0 atom stereocenters. The summed E-state index contributed by atoms with van der Waals surface area (Å²) in [5.74, 6) is 0. The van der Waals surface area contributed by atoms with Crippen LogP contribution in [0.5, 0.6) is 0 Å². The summed E-state index contributed by atoms with van der Waals surface area (Å²) < 4.78 is 0.804. The largest absolute Gasteiger partial charge is 0.223 e. The molecule has 0 N–H and O–H groups in total. The first-order chi connectivity index (χ1) is 4.61. The van der Waals surface area contributed by atoms with Gasteiger partial charge in [0.2, 0.25) is 0 Å². The van der Waals surface area contributed by atoms with Crippen molar-refractivity contribution in [2.45, 2.75) is 6.92 Å². The van der Waals surface area contributed by atoms with Crippen LogP contribution in [0.25, 0.3) is 0 Å². The summed E-state index contributed by atoms with van der Waals surface area (Å²) >= 11 is 14.5. The first-order valence-corrected chi connectivity index (χ1v) is 4.14. The van der Waals surface area contributed by atoms with Gasteiger partial charge in [-0.15, -0.1) is 0 Å². The number of aryl methyl sites for hydroxylation is 1. The Morgan fingerprint density at radius 1 is 1.50 bits per heavy atom. The number of aromatic nitrogens is 1. The summed E-state index contributed by atoms with van der Waals surface area (Å²) in [6.07, 6.45) is 0. The molecule has 1 rings (SSSR count). The SMILES string of the molecule is Cc1cc(Cl)nc(Cl)c1Br. The van der Waals surface area contributed by atoms with E-state index in [1.54, 1.807) is 6.07 Å². The van der Waals surface area contributed by atoms with Crippen molar-refractivity contribution in [3.63, 3.8) is 0 Å². The molecule has 0 aromatic carbocycles. The molecule has 0 bridgehead atoms. The smallest absolute Gasteiger partial charge is 0.145 e. The third kappa shape index (κ3) is 1.62. The van der Waals surface area contributed by atoms with E-state index in [1.165, 1.54) is 0 Å². The molecule has 4 heteroatoms.